The van der Waals surface area contributed by atoms with Crippen molar-refractivity contribution in [2.24, 2.45) is 0 Å². The lowest BCUT2D eigenvalue weighted by molar-refractivity contribution is 0.388. The monoisotopic (exact) mass is 296 g/mol. The van der Waals surface area contributed by atoms with E-state index in [1.807, 2.05) is 38.1 Å². The molecule has 22 heavy (non-hydrogen) atoms. The number of hydrogen-bond acceptors (Lipinski definition) is 3. The van der Waals surface area contributed by atoms with Gasteiger partial charge in [0.05, 0.1) is 0 Å². The van der Waals surface area contributed by atoms with Gasteiger partial charge in [-0.15, -0.1) is 0 Å². The molecule has 0 amide bonds. The summed E-state index contributed by atoms with van der Waals surface area (Å²) in [6.07, 6.45) is 1.01. The van der Waals surface area contributed by atoms with Crippen molar-refractivity contribution < 1.29 is 4.52 Å². The largest absolute Gasteiger partial charge is 0.439 e. The van der Waals surface area contributed by atoms with Crippen LogP contribution in [0.4, 0.5) is 0 Å². The van der Waals surface area contributed by atoms with E-state index in [1.165, 1.54) is 5.56 Å². The first-order valence-electron chi connectivity index (χ1n) is 7.52. The van der Waals surface area contributed by atoms with Gasteiger partial charge in [0.15, 0.2) is 5.82 Å². The molecule has 0 atom stereocenters. The number of benzene rings is 2. The van der Waals surface area contributed by atoms with Crippen LogP contribution in [0.5, 0.6) is 0 Å². The van der Waals surface area contributed by atoms with Gasteiger partial charge < -0.3 is 0 Å². The standard InChI is InChI=1S/C16H14N2O2.C2H6/c1-2-11-7-9-12(10-8-11)13-5-3-4-6-14(13)15-17-16(19)20-18-15;1-2/h3-10H,2H2,1H3,(H,17,18,19);1-2H3. The van der Waals surface area contributed by atoms with Gasteiger partial charge in [0, 0.05) is 5.56 Å². The summed E-state index contributed by atoms with van der Waals surface area (Å²) in [6.45, 7) is 6.13. The zero-order chi connectivity index (χ0) is 15.9. The SMILES string of the molecule is CC.CCc1ccc(-c2ccccc2-c2noc(=O)[nH]2)cc1. The predicted octanol–water partition coefficient (Wildman–Crippen LogP) is 4.29. The van der Waals surface area contributed by atoms with E-state index in [9.17, 15) is 4.79 Å². The van der Waals surface area contributed by atoms with Crippen molar-refractivity contribution >= 4 is 0 Å². The summed E-state index contributed by atoms with van der Waals surface area (Å²) in [5, 5.41) is 3.76. The molecule has 4 nitrogen and oxygen atoms in total. The molecule has 0 radical (unpaired) electrons. The molecule has 1 N–H and O–H groups in total. The lowest BCUT2D eigenvalue weighted by Gasteiger charge is -2.07. The van der Waals surface area contributed by atoms with E-state index in [0.29, 0.717) is 5.82 Å². The van der Waals surface area contributed by atoms with Crippen LogP contribution in [0.25, 0.3) is 22.5 Å². The van der Waals surface area contributed by atoms with Crippen LogP contribution < -0.4 is 5.76 Å². The number of aromatic nitrogens is 2. The fourth-order valence-corrected chi connectivity index (χ4v) is 2.21. The van der Waals surface area contributed by atoms with E-state index < -0.39 is 5.76 Å². The van der Waals surface area contributed by atoms with Crippen LogP contribution in [0.3, 0.4) is 0 Å². The lowest BCUT2D eigenvalue weighted by Crippen LogP contribution is -1.95. The summed E-state index contributed by atoms with van der Waals surface area (Å²) in [5.74, 6) is -0.0960. The Kier molecular flexibility index (Phi) is 5.31. The Bertz CT molecular complexity index is 770. The highest BCUT2D eigenvalue weighted by atomic mass is 16.5. The Labute approximate surface area is 129 Å². The maximum Gasteiger partial charge on any atom is 0.439 e. The van der Waals surface area contributed by atoms with Crippen molar-refractivity contribution in [1.82, 2.24) is 10.1 Å². The molecule has 0 bridgehead atoms. The van der Waals surface area contributed by atoms with Gasteiger partial charge in [-0.3, -0.25) is 9.51 Å². The minimum atomic E-state index is -0.545. The third-order valence-corrected chi connectivity index (χ3v) is 3.30. The van der Waals surface area contributed by atoms with Gasteiger partial charge in [0.1, 0.15) is 0 Å². The van der Waals surface area contributed by atoms with Crippen molar-refractivity contribution in [2.45, 2.75) is 27.2 Å². The minimum Gasteiger partial charge on any atom is -0.296 e. The van der Waals surface area contributed by atoms with E-state index in [2.05, 4.69) is 45.9 Å². The van der Waals surface area contributed by atoms with Crippen molar-refractivity contribution in [3.63, 3.8) is 0 Å². The first-order chi connectivity index (χ1) is 10.8. The molecule has 114 valence electrons. The summed E-state index contributed by atoms with van der Waals surface area (Å²) < 4.78 is 4.59. The fourth-order valence-electron chi connectivity index (χ4n) is 2.21. The molecule has 0 aliphatic carbocycles. The molecule has 0 aliphatic heterocycles. The molecule has 0 saturated heterocycles. The average Bonchev–Trinajstić information content (AvgIpc) is 3.03. The van der Waals surface area contributed by atoms with Crippen molar-refractivity contribution in [2.75, 3.05) is 0 Å². The Hall–Kier alpha value is -2.62. The zero-order valence-corrected chi connectivity index (χ0v) is 13.1. The van der Waals surface area contributed by atoms with Crippen molar-refractivity contribution in [3.8, 4) is 22.5 Å². The molecule has 1 aromatic heterocycles. The van der Waals surface area contributed by atoms with Crippen LogP contribution in [0.2, 0.25) is 0 Å². The maximum atomic E-state index is 11.1. The van der Waals surface area contributed by atoms with Gasteiger partial charge in [-0.25, -0.2) is 4.79 Å². The third-order valence-electron chi connectivity index (χ3n) is 3.30. The Balaban J connectivity index is 0.000000847. The molecule has 4 heteroatoms. The maximum absolute atomic E-state index is 11.1. The molecular formula is C18H20N2O2. The highest BCUT2D eigenvalue weighted by molar-refractivity contribution is 5.80. The lowest BCUT2D eigenvalue weighted by atomic mass is 9.98. The van der Waals surface area contributed by atoms with E-state index in [-0.39, 0.29) is 0 Å². The molecule has 0 saturated carbocycles. The van der Waals surface area contributed by atoms with Gasteiger partial charge in [-0.2, -0.15) is 0 Å². The van der Waals surface area contributed by atoms with Crippen LogP contribution in [0, 0.1) is 0 Å². The normalized spacial score (nSPS) is 9.95. The third kappa shape index (κ3) is 3.34. The summed E-state index contributed by atoms with van der Waals surface area (Å²) in [7, 11) is 0. The fraction of sp³-hybridized carbons (Fsp3) is 0.222. The molecule has 0 spiro atoms. The Morgan fingerprint density at radius 2 is 1.64 bits per heavy atom. The zero-order valence-electron chi connectivity index (χ0n) is 13.1. The first kappa shape index (κ1) is 15.8. The minimum absolute atomic E-state index is 0.449. The number of nitrogens with one attached hydrogen (secondary N) is 1. The molecule has 1 heterocycles. The number of aryl methyl sites for hydroxylation is 1. The molecule has 2 aromatic carbocycles. The number of rotatable bonds is 3. The van der Waals surface area contributed by atoms with Gasteiger partial charge in [0.25, 0.3) is 0 Å². The first-order valence-corrected chi connectivity index (χ1v) is 7.52. The Morgan fingerprint density at radius 1 is 1.00 bits per heavy atom. The van der Waals surface area contributed by atoms with Gasteiger partial charge >= 0.3 is 5.76 Å². The van der Waals surface area contributed by atoms with Crippen LogP contribution in [0.1, 0.15) is 26.3 Å². The average molecular weight is 296 g/mol. The van der Waals surface area contributed by atoms with E-state index in [0.717, 1.165) is 23.1 Å². The molecule has 3 rings (SSSR count). The summed E-state index contributed by atoms with van der Waals surface area (Å²) in [5.41, 5.74) is 4.24. The molecule has 0 aliphatic rings. The smallest absolute Gasteiger partial charge is 0.296 e. The van der Waals surface area contributed by atoms with Gasteiger partial charge in [-0.05, 0) is 23.1 Å². The molecule has 0 unspecified atom stereocenters. The van der Waals surface area contributed by atoms with Crippen LogP contribution >= 0.6 is 0 Å². The Morgan fingerprint density at radius 3 is 2.18 bits per heavy atom. The van der Waals surface area contributed by atoms with Gasteiger partial charge in [0.2, 0.25) is 0 Å². The highest BCUT2D eigenvalue weighted by Crippen LogP contribution is 2.29. The van der Waals surface area contributed by atoms with Crippen molar-refractivity contribution in [1.29, 1.82) is 0 Å². The second-order valence-electron chi connectivity index (χ2n) is 4.54. The quantitative estimate of drug-likeness (QED) is 0.784. The predicted molar refractivity (Wildman–Crippen MR) is 88.7 cm³/mol. The molecule has 3 aromatic rings. The second-order valence-corrected chi connectivity index (χ2v) is 4.54. The summed E-state index contributed by atoms with van der Waals surface area (Å²) in [4.78, 5) is 13.7. The number of nitrogens with zero attached hydrogens (tertiary/aromatic N) is 1. The summed E-state index contributed by atoms with van der Waals surface area (Å²) in [6, 6.07) is 16.2. The molecule has 0 fully saturated rings. The van der Waals surface area contributed by atoms with E-state index in [4.69, 9.17) is 0 Å². The van der Waals surface area contributed by atoms with E-state index in [1.54, 1.807) is 0 Å². The van der Waals surface area contributed by atoms with Crippen LogP contribution in [-0.4, -0.2) is 10.1 Å². The van der Waals surface area contributed by atoms with Crippen molar-refractivity contribution in [3.05, 3.63) is 64.6 Å². The van der Waals surface area contributed by atoms with Crippen LogP contribution in [-0.2, 0) is 6.42 Å². The van der Waals surface area contributed by atoms with Gasteiger partial charge in [-0.1, -0.05) is 74.5 Å². The number of hydrogen-bond donors (Lipinski definition) is 1. The molecular weight excluding hydrogens is 276 g/mol. The summed E-state index contributed by atoms with van der Waals surface area (Å²) >= 11 is 0. The van der Waals surface area contributed by atoms with E-state index >= 15 is 0 Å². The topological polar surface area (TPSA) is 58.9 Å². The van der Waals surface area contributed by atoms with Crippen LogP contribution in [0.15, 0.2) is 57.8 Å². The number of H-pyrrole nitrogens is 1. The second kappa shape index (κ2) is 7.41. The highest BCUT2D eigenvalue weighted by Gasteiger charge is 2.10. The number of aromatic amines is 1.